The van der Waals surface area contributed by atoms with Crippen LogP contribution in [0.2, 0.25) is 0 Å². The van der Waals surface area contributed by atoms with Crippen molar-refractivity contribution in [2.75, 3.05) is 6.61 Å². The maximum atomic E-state index is 13.5. The standard InChI is InChI=1S/C20H17F6N3O2S3/c1-18(17(28)33,29-16(30)10-2-5-12(6-3-10)34-20(24,25)26)9-31-14-7-4-11(15(27)32)8-13(14)19(21,22)23/h2-8H,9H2,1H3,(H2,27,32)(H2,28,33)(H,29,30). The summed E-state index contributed by atoms with van der Waals surface area (Å²) in [7, 11) is 0. The van der Waals surface area contributed by atoms with E-state index in [9.17, 15) is 31.1 Å². The number of thiocarbonyl (C=S) groups is 2. The van der Waals surface area contributed by atoms with E-state index in [1.165, 1.54) is 13.0 Å². The van der Waals surface area contributed by atoms with Gasteiger partial charge in [-0.2, -0.15) is 26.3 Å². The van der Waals surface area contributed by atoms with Crippen LogP contribution in [0.4, 0.5) is 26.3 Å². The summed E-state index contributed by atoms with van der Waals surface area (Å²) in [5.74, 6) is -1.35. The van der Waals surface area contributed by atoms with Crippen molar-refractivity contribution in [3.8, 4) is 5.75 Å². The van der Waals surface area contributed by atoms with E-state index >= 15 is 0 Å². The van der Waals surface area contributed by atoms with E-state index in [1.807, 2.05) is 0 Å². The van der Waals surface area contributed by atoms with Crippen molar-refractivity contribution in [3.63, 3.8) is 0 Å². The number of ether oxygens (including phenoxy) is 1. The Morgan fingerprint density at radius 3 is 2.03 bits per heavy atom. The molecule has 2 aromatic rings. The van der Waals surface area contributed by atoms with E-state index in [0.29, 0.717) is 0 Å². The molecule has 0 bridgehead atoms. The quantitative estimate of drug-likeness (QED) is 0.251. The van der Waals surface area contributed by atoms with Crippen molar-refractivity contribution in [2.24, 2.45) is 11.5 Å². The first-order chi connectivity index (χ1) is 15.5. The third-order valence-corrected chi connectivity index (χ3v) is 5.79. The van der Waals surface area contributed by atoms with Crippen LogP contribution in [0.5, 0.6) is 5.75 Å². The number of carbonyl (C=O) groups excluding carboxylic acids is 1. The molecular weight excluding hydrogens is 524 g/mol. The number of halogens is 6. The van der Waals surface area contributed by atoms with Gasteiger partial charge < -0.3 is 21.5 Å². The van der Waals surface area contributed by atoms with Gasteiger partial charge in [-0.15, -0.1) is 0 Å². The van der Waals surface area contributed by atoms with E-state index < -0.39 is 41.1 Å². The molecule has 5 nitrogen and oxygen atoms in total. The maximum Gasteiger partial charge on any atom is 0.446 e. The molecule has 0 radical (unpaired) electrons. The van der Waals surface area contributed by atoms with Crippen molar-refractivity contribution in [2.45, 2.75) is 29.0 Å². The Balaban J connectivity index is 2.22. The molecule has 1 atom stereocenters. The molecule has 5 N–H and O–H groups in total. The normalized spacial score (nSPS) is 13.6. The fraction of sp³-hybridized carbons (Fsp3) is 0.250. The van der Waals surface area contributed by atoms with Gasteiger partial charge in [0.1, 0.15) is 27.9 Å². The number of nitrogens with one attached hydrogen (secondary N) is 1. The van der Waals surface area contributed by atoms with Crippen molar-refractivity contribution >= 4 is 52.1 Å². The number of thioether (sulfide) groups is 1. The fourth-order valence-electron chi connectivity index (χ4n) is 2.55. The van der Waals surface area contributed by atoms with Crippen LogP contribution in [0.3, 0.4) is 0 Å². The third kappa shape index (κ3) is 7.46. The molecule has 1 unspecified atom stereocenters. The smallest absolute Gasteiger partial charge is 0.446 e. The predicted molar refractivity (Wildman–Crippen MR) is 124 cm³/mol. The van der Waals surface area contributed by atoms with Crippen LogP contribution in [-0.2, 0) is 6.18 Å². The summed E-state index contributed by atoms with van der Waals surface area (Å²) in [5, 5.41) is 2.45. The molecule has 0 saturated heterocycles. The van der Waals surface area contributed by atoms with Crippen molar-refractivity contribution in [1.29, 1.82) is 0 Å². The average molecular weight is 542 g/mol. The summed E-state index contributed by atoms with van der Waals surface area (Å²) in [6.45, 7) is 0.753. The first-order valence-electron chi connectivity index (χ1n) is 9.14. The van der Waals surface area contributed by atoms with Gasteiger partial charge in [0, 0.05) is 16.0 Å². The SMILES string of the molecule is CC(COc1ccc(C(N)=S)cc1C(F)(F)F)(NC(=O)c1ccc(SC(F)(F)F)cc1)C(N)=S. The molecule has 0 aromatic heterocycles. The van der Waals surface area contributed by atoms with Crippen LogP contribution in [0.15, 0.2) is 47.4 Å². The first kappa shape index (κ1) is 27.7. The molecule has 0 spiro atoms. The van der Waals surface area contributed by atoms with Gasteiger partial charge in [-0.1, -0.05) is 24.4 Å². The monoisotopic (exact) mass is 541 g/mol. The lowest BCUT2D eigenvalue weighted by atomic mass is 10.0. The molecule has 34 heavy (non-hydrogen) atoms. The minimum atomic E-state index is -4.80. The van der Waals surface area contributed by atoms with Gasteiger partial charge in [0.25, 0.3) is 5.91 Å². The number of hydrogen-bond acceptors (Lipinski definition) is 5. The van der Waals surface area contributed by atoms with E-state index in [0.717, 1.165) is 36.4 Å². The maximum absolute atomic E-state index is 13.5. The summed E-state index contributed by atoms with van der Waals surface area (Å²) in [6.07, 6.45) is -4.80. The van der Waals surface area contributed by atoms with E-state index in [-0.39, 0.29) is 37.8 Å². The van der Waals surface area contributed by atoms with Crippen molar-refractivity contribution < 1.29 is 35.9 Å². The number of amides is 1. The highest BCUT2D eigenvalue weighted by Gasteiger charge is 2.37. The highest BCUT2D eigenvalue weighted by molar-refractivity contribution is 8.00. The lowest BCUT2D eigenvalue weighted by Gasteiger charge is -2.30. The molecule has 0 fully saturated rings. The fourth-order valence-corrected chi connectivity index (χ4v) is 3.33. The lowest BCUT2D eigenvalue weighted by molar-refractivity contribution is -0.139. The second-order valence-corrected chi connectivity index (χ2v) is 9.10. The molecular formula is C20H17F6N3O2S3. The number of benzene rings is 2. The molecule has 2 aromatic carbocycles. The van der Waals surface area contributed by atoms with Gasteiger partial charge in [0.15, 0.2) is 0 Å². The van der Waals surface area contributed by atoms with Gasteiger partial charge >= 0.3 is 11.7 Å². The minimum absolute atomic E-state index is 0.0211. The van der Waals surface area contributed by atoms with E-state index in [2.05, 4.69) is 5.32 Å². The molecule has 14 heteroatoms. The van der Waals surface area contributed by atoms with Gasteiger partial charge in [0.2, 0.25) is 0 Å². The number of carbonyl (C=O) groups is 1. The summed E-state index contributed by atoms with van der Waals surface area (Å²) in [4.78, 5) is 11.9. The van der Waals surface area contributed by atoms with Crippen LogP contribution in [0.25, 0.3) is 0 Å². The summed E-state index contributed by atoms with van der Waals surface area (Å²) >= 11 is 9.31. The number of rotatable bonds is 8. The second-order valence-electron chi connectivity index (χ2n) is 7.08. The highest BCUT2D eigenvalue weighted by Crippen LogP contribution is 2.38. The molecule has 0 aliphatic heterocycles. The van der Waals surface area contributed by atoms with Gasteiger partial charge in [-0.05, 0) is 61.2 Å². The topological polar surface area (TPSA) is 90.4 Å². The van der Waals surface area contributed by atoms with Crippen molar-refractivity contribution in [1.82, 2.24) is 5.32 Å². The Kier molecular flexibility index (Phi) is 8.43. The second kappa shape index (κ2) is 10.4. The third-order valence-electron chi connectivity index (χ3n) is 4.37. The Morgan fingerprint density at radius 1 is 1.00 bits per heavy atom. The molecule has 0 aliphatic carbocycles. The van der Waals surface area contributed by atoms with Gasteiger partial charge in [0.05, 0.1) is 5.56 Å². The lowest BCUT2D eigenvalue weighted by Crippen LogP contribution is -2.58. The van der Waals surface area contributed by atoms with E-state index in [1.54, 1.807) is 0 Å². The zero-order valence-corrected chi connectivity index (χ0v) is 19.7. The number of hydrogen-bond donors (Lipinski definition) is 3. The Hall–Kier alpha value is -2.58. The first-order valence-corrected chi connectivity index (χ1v) is 10.8. The van der Waals surface area contributed by atoms with Crippen LogP contribution < -0.4 is 21.5 Å². The Bertz CT molecular complexity index is 1090. The largest absolute Gasteiger partial charge is 0.490 e. The van der Waals surface area contributed by atoms with Crippen molar-refractivity contribution in [3.05, 3.63) is 59.2 Å². The van der Waals surface area contributed by atoms with Crippen LogP contribution in [-0.4, -0.2) is 33.5 Å². The molecule has 0 heterocycles. The summed E-state index contributed by atoms with van der Waals surface area (Å²) in [6, 6.07) is 7.50. The number of alkyl halides is 6. The zero-order valence-electron chi connectivity index (χ0n) is 17.2. The molecule has 1 amide bonds. The molecule has 184 valence electrons. The van der Waals surface area contributed by atoms with Gasteiger partial charge in [-0.25, -0.2) is 0 Å². The highest BCUT2D eigenvalue weighted by atomic mass is 32.2. The zero-order chi connectivity index (χ0) is 25.9. The molecule has 0 saturated carbocycles. The minimum Gasteiger partial charge on any atom is -0.490 e. The van der Waals surface area contributed by atoms with Crippen LogP contribution in [0.1, 0.15) is 28.4 Å². The van der Waals surface area contributed by atoms with Gasteiger partial charge in [-0.3, -0.25) is 4.79 Å². The average Bonchev–Trinajstić information content (AvgIpc) is 2.70. The summed E-state index contributed by atoms with van der Waals surface area (Å²) in [5.41, 5.74) is 3.81. The molecule has 0 aliphatic rings. The Morgan fingerprint density at radius 2 is 1.56 bits per heavy atom. The van der Waals surface area contributed by atoms with Crippen LogP contribution >= 0.6 is 36.2 Å². The molecule has 2 rings (SSSR count). The summed E-state index contributed by atoms with van der Waals surface area (Å²) < 4.78 is 83.1. The van der Waals surface area contributed by atoms with E-state index in [4.69, 9.17) is 40.6 Å². The number of nitrogens with two attached hydrogens (primary N) is 2. The van der Waals surface area contributed by atoms with Crippen LogP contribution in [0, 0.1) is 0 Å². The predicted octanol–water partition coefficient (Wildman–Crippen LogP) is 4.81. The Labute approximate surface area is 205 Å².